The highest BCUT2D eigenvalue weighted by molar-refractivity contribution is 14.1. The number of hydrazone groups is 1. The van der Waals surface area contributed by atoms with Gasteiger partial charge in [0.25, 0.3) is 11.6 Å². The van der Waals surface area contributed by atoms with Crippen LogP contribution in [0.15, 0.2) is 59.7 Å². The molecule has 2 aromatic carbocycles. The number of hydrogen-bond donors (Lipinski definition) is 1. The van der Waals surface area contributed by atoms with E-state index in [0.717, 1.165) is 30.9 Å². The quantitative estimate of drug-likeness (QED) is 0.154. The van der Waals surface area contributed by atoms with Gasteiger partial charge in [-0.1, -0.05) is 6.07 Å². The van der Waals surface area contributed by atoms with Crippen molar-refractivity contribution in [1.29, 1.82) is 0 Å². The van der Waals surface area contributed by atoms with E-state index in [-0.39, 0.29) is 11.6 Å². The Kier molecular flexibility index (Phi) is 5.88. The second kappa shape index (κ2) is 8.60. The summed E-state index contributed by atoms with van der Waals surface area (Å²) in [6, 6.07) is 16.4. The summed E-state index contributed by atoms with van der Waals surface area (Å²) in [6.07, 6.45) is 1.63. The first-order valence-electron chi connectivity index (χ1n) is 9.30. The molecule has 156 valence electrons. The van der Waals surface area contributed by atoms with E-state index in [1.165, 1.54) is 23.5 Å². The van der Waals surface area contributed by atoms with Gasteiger partial charge in [0.1, 0.15) is 0 Å². The van der Waals surface area contributed by atoms with Crippen molar-refractivity contribution in [3.05, 3.63) is 90.1 Å². The Bertz CT molecular complexity index is 1360. The largest absolute Gasteiger partial charge is 0.318 e. The lowest BCUT2D eigenvalue weighted by molar-refractivity contribution is -0.384. The summed E-state index contributed by atoms with van der Waals surface area (Å²) in [4.78, 5) is 23.4. The standard InChI is InChI=1S/C22H17IN4O3S/c1-13-8-16(14(2)26(13)18-5-3-4-17(23)11-18)12-24-25-22(28)21-10-15-9-19(27(29)30)6-7-20(15)31-21/h3-12H,1-2H3,(H,25,28)/b24-12-. The number of nitrogens with zero attached hydrogens (tertiary/aromatic N) is 3. The van der Waals surface area contributed by atoms with Crippen molar-refractivity contribution in [2.45, 2.75) is 13.8 Å². The monoisotopic (exact) mass is 544 g/mol. The van der Waals surface area contributed by atoms with E-state index in [2.05, 4.69) is 49.8 Å². The van der Waals surface area contributed by atoms with Crippen molar-refractivity contribution in [3.8, 4) is 5.69 Å². The zero-order chi connectivity index (χ0) is 22.1. The van der Waals surface area contributed by atoms with Crippen molar-refractivity contribution >= 4 is 61.8 Å². The number of nitrogens with one attached hydrogen (secondary N) is 1. The molecule has 0 aliphatic heterocycles. The summed E-state index contributed by atoms with van der Waals surface area (Å²) in [5.74, 6) is -0.355. The number of fused-ring (bicyclic) bond motifs is 1. The number of nitro benzene ring substituents is 1. The Morgan fingerprint density at radius 1 is 1.19 bits per heavy atom. The molecule has 4 aromatic rings. The zero-order valence-electron chi connectivity index (χ0n) is 16.6. The van der Waals surface area contributed by atoms with E-state index in [1.54, 1.807) is 18.3 Å². The van der Waals surface area contributed by atoms with Crippen molar-refractivity contribution in [3.63, 3.8) is 0 Å². The molecule has 1 N–H and O–H groups in total. The number of benzene rings is 2. The molecule has 0 atom stereocenters. The number of aromatic nitrogens is 1. The second-order valence-electron chi connectivity index (χ2n) is 6.93. The van der Waals surface area contributed by atoms with Crippen LogP contribution in [0.4, 0.5) is 5.69 Å². The normalized spacial score (nSPS) is 11.3. The molecule has 0 unspecified atom stereocenters. The Morgan fingerprint density at radius 3 is 2.74 bits per heavy atom. The molecule has 31 heavy (non-hydrogen) atoms. The molecule has 0 bridgehead atoms. The first kappa shape index (κ1) is 21.2. The van der Waals surface area contributed by atoms with Gasteiger partial charge in [-0.2, -0.15) is 5.10 Å². The number of rotatable bonds is 5. The fraction of sp³-hybridized carbons (Fsp3) is 0.0909. The van der Waals surface area contributed by atoms with Gasteiger partial charge in [-0.05, 0) is 72.8 Å². The molecule has 2 aromatic heterocycles. The van der Waals surface area contributed by atoms with E-state index in [9.17, 15) is 14.9 Å². The number of hydrogen-bond acceptors (Lipinski definition) is 5. The Morgan fingerprint density at radius 2 is 2.00 bits per heavy atom. The van der Waals surface area contributed by atoms with Gasteiger partial charge in [-0.15, -0.1) is 11.3 Å². The van der Waals surface area contributed by atoms with E-state index in [0.29, 0.717) is 10.3 Å². The first-order valence-corrected chi connectivity index (χ1v) is 11.2. The Balaban J connectivity index is 1.52. The van der Waals surface area contributed by atoms with Gasteiger partial charge >= 0.3 is 0 Å². The maximum Gasteiger partial charge on any atom is 0.281 e. The number of carbonyl (C=O) groups is 1. The van der Waals surface area contributed by atoms with Gasteiger partial charge < -0.3 is 4.57 Å². The van der Waals surface area contributed by atoms with Crippen LogP contribution in [0.3, 0.4) is 0 Å². The average molecular weight is 544 g/mol. The third-order valence-electron chi connectivity index (χ3n) is 4.84. The van der Waals surface area contributed by atoms with Crippen LogP contribution in [-0.4, -0.2) is 21.6 Å². The molecule has 0 aliphatic rings. The number of halogens is 1. The maximum atomic E-state index is 12.5. The minimum absolute atomic E-state index is 0.00117. The van der Waals surface area contributed by atoms with Gasteiger partial charge in [0.05, 0.1) is 16.0 Å². The van der Waals surface area contributed by atoms with Crippen LogP contribution < -0.4 is 5.43 Å². The number of aryl methyl sites for hydroxylation is 1. The average Bonchev–Trinajstić information content (AvgIpc) is 3.28. The molecule has 1 amide bonds. The highest BCUT2D eigenvalue weighted by Gasteiger charge is 2.13. The van der Waals surface area contributed by atoms with Crippen molar-refractivity contribution in [1.82, 2.24) is 9.99 Å². The predicted molar refractivity (Wildman–Crippen MR) is 131 cm³/mol. The van der Waals surface area contributed by atoms with Crippen LogP contribution in [0.5, 0.6) is 0 Å². The van der Waals surface area contributed by atoms with Crippen molar-refractivity contribution in [2.75, 3.05) is 0 Å². The number of non-ortho nitro benzene ring substituents is 1. The summed E-state index contributed by atoms with van der Waals surface area (Å²) < 4.78 is 4.10. The van der Waals surface area contributed by atoms with Gasteiger partial charge in [0, 0.05) is 48.4 Å². The molecular weight excluding hydrogens is 527 g/mol. The van der Waals surface area contributed by atoms with Crippen molar-refractivity contribution in [2.24, 2.45) is 5.10 Å². The van der Waals surface area contributed by atoms with Crippen LogP contribution in [-0.2, 0) is 0 Å². The molecule has 7 nitrogen and oxygen atoms in total. The highest BCUT2D eigenvalue weighted by atomic mass is 127. The van der Waals surface area contributed by atoms with Gasteiger partial charge in [-0.25, -0.2) is 5.43 Å². The summed E-state index contributed by atoms with van der Waals surface area (Å²) in [5.41, 5.74) is 6.61. The minimum atomic E-state index is -0.450. The molecule has 9 heteroatoms. The third kappa shape index (κ3) is 4.37. The SMILES string of the molecule is Cc1cc(/C=N\NC(=O)c2cc3cc([N+](=O)[O-])ccc3s2)c(C)n1-c1cccc(I)c1. The molecule has 0 spiro atoms. The lowest BCUT2D eigenvalue weighted by atomic mass is 10.2. The van der Waals surface area contributed by atoms with E-state index >= 15 is 0 Å². The van der Waals surface area contributed by atoms with E-state index in [4.69, 9.17) is 0 Å². The zero-order valence-corrected chi connectivity index (χ0v) is 19.6. The van der Waals surface area contributed by atoms with Crippen LogP contribution in [0.1, 0.15) is 26.6 Å². The predicted octanol–water partition coefficient (Wildman–Crippen LogP) is 5.59. The number of nitro groups is 1. The van der Waals surface area contributed by atoms with Crippen LogP contribution in [0.25, 0.3) is 15.8 Å². The molecular formula is C22H17IN4O3S. The number of carbonyl (C=O) groups excluding carboxylic acids is 1. The molecule has 0 fully saturated rings. The van der Waals surface area contributed by atoms with Crippen molar-refractivity contribution < 1.29 is 9.72 Å². The molecule has 0 saturated carbocycles. The summed E-state index contributed by atoms with van der Waals surface area (Å²) >= 11 is 3.56. The maximum absolute atomic E-state index is 12.5. The number of amides is 1. The number of thiophene rings is 1. The third-order valence-corrected chi connectivity index (χ3v) is 6.63. The smallest absolute Gasteiger partial charge is 0.281 e. The lowest BCUT2D eigenvalue weighted by Crippen LogP contribution is -2.16. The highest BCUT2D eigenvalue weighted by Crippen LogP contribution is 2.29. The van der Waals surface area contributed by atoms with Gasteiger partial charge in [-0.3, -0.25) is 14.9 Å². The fourth-order valence-electron chi connectivity index (χ4n) is 3.40. The summed E-state index contributed by atoms with van der Waals surface area (Å²) in [5, 5.41) is 15.7. The van der Waals surface area contributed by atoms with Gasteiger partial charge in [0.2, 0.25) is 0 Å². The topological polar surface area (TPSA) is 89.5 Å². The Labute approximate surface area is 195 Å². The fourth-order valence-corrected chi connectivity index (χ4v) is 4.86. The summed E-state index contributed by atoms with van der Waals surface area (Å²) in [7, 11) is 0. The molecule has 2 heterocycles. The van der Waals surface area contributed by atoms with E-state index < -0.39 is 4.92 Å². The molecule has 0 radical (unpaired) electrons. The lowest BCUT2D eigenvalue weighted by Gasteiger charge is -2.09. The molecule has 0 saturated heterocycles. The van der Waals surface area contributed by atoms with Crippen LogP contribution in [0.2, 0.25) is 0 Å². The first-order chi connectivity index (χ1) is 14.8. The van der Waals surface area contributed by atoms with Crippen LogP contribution >= 0.6 is 33.9 Å². The molecule has 0 aliphatic carbocycles. The Hall–Kier alpha value is -3.05. The molecule has 4 rings (SSSR count). The minimum Gasteiger partial charge on any atom is -0.318 e. The van der Waals surface area contributed by atoms with Crippen LogP contribution in [0, 0.1) is 27.5 Å². The van der Waals surface area contributed by atoms with Gasteiger partial charge in [0.15, 0.2) is 0 Å². The summed E-state index contributed by atoms with van der Waals surface area (Å²) in [6.45, 7) is 4.04. The second-order valence-corrected chi connectivity index (χ2v) is 9.26. The van der Waals surface area contributed by atoms with E-state index in [1.807, 2.05) is 32.0 Å².